The molecule has 0 radical (unpaired) electrons. The van der Waals surface area contributed by atoms with Crippen molar-refractivity contribution in [2.24, 2.45) is 5.73 Å². The maximum Gasteiger partial charge on any atom is 0.217 e. The van der Waals surface area contributed by atoms with Crippen molar-refractivity contribution in [2.75, 3.05) is 7.11 Å². The molecule has 1 aromatic carbocycles. The van der Waals surface area contributed by atoms with Crippen LogP contribution in [0, 0.1) is 0 Å². The van der Waals surface area contributed by atoms with Gasteiger partial charge in [-0.25, -0.2) is 0 Å². The Hall–Kier alpha value is -2.13. The zero-order valence-electron chi connectivity index (χ0n) is 18.1. The van der Waals surface area contributed by atoms with Gasteiger partial charge < -0.3 is 10.5 Å². The molecule has 3 nitrogen and oxygen atoms in total. The molecule has 29 heavy (non-hydrogen) atoms. The van der Waals surface area contributed by atoms with Crippen LogP contribution < -0.4 is 5.73 Å². The number of allylic oxidation sites excluding steroid dienone is 6. The van der Waals surface area contributed by atoms with Crippen molar-refractivity contribution in [3.8, 4) is 0 Å². The SMILES string of the molecule is COC(CC/C=C\C/C=C\C/C=C\CCCCCCCC(N)=O)c1ccccc1. The van der Waals surface area contributed by atoms with Crippen LogP contribution in [-0.4, -0.2) is 13.0 Å². The molecule has 0 aromatic heterocycles. The van der Waals surface area contributed by atoms with Crippen LogP contribution >= 0.6 is 0 Å². The molecule has 3 heteroatoms. The molecule has 2 N–H and O–H groups in total. The predicted octanol–water partition coefficient (Wildman–Crippen LogP) is 6.82. The zero-order chi connectivity index (χ0) is 21.0. The topological polar surface area (TPSA) is 52.3 Å². The lowest BCUT2D eigenvalue weighted by Crippen LogP contribution is -2.09. The Morgan fingerprint density at radius 3 is 2.10 bits per heavy atom. The van der Waals surface area contributed by atoms with E-state index in [-0.39, 0.29) is 12.0 Å². The first-order valence-corrected chi connectivity index (χ1v) is 11.0. The second-order valence-electron chi connectivity index (χ2n) is 7.37. The number of carbonyl (C=O) groups is 1. The van der Waals surface area contributed by atoms with E-state index in [1.54, 1.807) is 7.11 Å². The van der Waals surface area contributed by atoms with E-state index in [9.17, 15) is 4.79 Å². The minimum atomic E-state index is -0.181. The van der Waals surface area contributed by atoms with Crippen molar-refractivity contribution < 1.29 is 9.53 Å². The van der Waals surface area contributed by atoms with Gasteiger partial charge in [0.05, 0.1) is 6.10 Å². The highest BCUT2D eigenvalue weighted by atomic mass is 16.5. The van der Waals surface area contributed by atoms with Gasteiger partial charge in [0.2, 0.25) is 5.91 Å². The first-order chi connectivity index (χ1) is 14.2. The van der Waals surface area contributed by atoms with Crippen LogP contribution in [-0.2, 0) is 9.53 Å². The van der Waals surface area contributed by atoms with E-state index in [1.165, 1.54) is 24.8 Å². The standard InChI is InChI=1S/C26H39NO2/c1-29-25(24-20-16-15-17-21-24)22-18-13-11-9-7-5-3-2-4-6-8-10-12-14-19-23-26(27)28/h2,4-5,7,11,13,15-17,20-21,25H,3,6,8-10,12,14,18-19,22-23H2,1H3,(H2,27,28)/b4-2-,7-5-,13-11-. The number of methoxy groups -OCH3 is 1. The third-order valence-corrected chi connectivity index (χ3v) is 4.89. The molecule has 0 heterocycles. The van der Waals surface area contributed by atoms with Crippen LogP contribution in [0.3, 0.4) is 0 Å². The van der Waals surface area contributed by atoms with Crippen molar-refractivity contribution in [1.29, 1.82) is 0 Å². The fraction of sp³-hybridized carbons (Fsp3) is 0.500. The number of rotatable bonds is 17. The summed E-state index contributed by atoms with van der Waals surface area (Å²) in [6.07, 6.45) is 25.1. The van der Waals surface area contributed by atoms with E-state index in [1.807, 2.05) is 6.07 Å². The van der Waals surface area contributed by atoms with Gasteiger partial charge in [-0.05, 0) is 50.5 Å². The second-order valence-corrected chi connectivity index (χ2v) is 7.37. The molecule has 1 unspecified atom stereocenters. The lowest BCUT2D eigenvalue weighted by Gasteiger charge is -2.14. The van der Waals surface area contributed by atoms with Gasteiger partial charge >= 0.3 is 0 Å². The van der Waals surface area contributed by atoms with Crippen LogP contribution in [0.4, 0.5) is 0 Å². The number of hydrogen-bond donors (Lipinski definition) is 1. The highest BCUT2D eigenvalue weighted by molar-refractivity contribution is 5.73. The third kappa shape index (κ3) is 14.5. The lowest BCUT2D eigenvalue weighted by atomic mass is 10.0. The molecule has 0 saturated heterocycles. The molecular weight excluding hydrogens is 358 g/mol. The summed E-state index contributed by atoms with van der Waals surface area (Å²) in [6, 6.07) is 10.4. The first-order valence-electron chi connectivity index (χ1n) is 11.0. The van der Waals surface area contributed by atoms with Gasteiger partial charge in [-0.15, -0.1) is 0 Å². The fourth-order valence-electron chi connectivity index (χ4n) is 3.21. The van der Waals surface area contributed by atoms with E-state index in [2.05, 4.69) is 60.7 Å². The number of primary amides is 1. The van der Waals surface area contributed by atoms with E-state index in [4.69, 9.17) is 10.5 Å². The largest absolute Gasteiger partial charge is 0.377 e. The number of nitrogens with two attached hydrogens (primary N) is 1. The fourth-order valence-corrected chi connectivity index (χ4v) is 3.21. The van der Waals surface area contributed by atoms with E-state index in [0.717, 1.165) is 44.9 Å². The van der Waals surface area contributed by atoms with Crippen molar-refractivity contribution in [1.82, 2.24) is 0 Å². The van der Waals surface area contributed by atoms with Crippen LogP contribution in [0.1, 0.15) is 82.3 Å². The molecule has 0 fully saturated rings. The summed E-state index contributed by atoms with van der Waals surface area (Å²) < 4.78 is 5.60. The average Bonchev–Trinajstić information content (AvgIpc) is 2.73. The summed E-state index contributed by atoms with van der Waals surface area (Å²) >= 11 is 0. The molecule has 0 aliphatic heterocycles. The monoisotopic (exact) mass is 397 g/mol. The van der Waals surface area contributed by atoms with Gasteiger partial charge in [-0.3, -0.25) is 4.79 Å². The van der Waals surface area contributed by atoms with Crippen LogP contribution in [0.5, 0.6) is 0 Å². The summed E-state index contributed by atoms with van der Waals surface area (Å²) in [5.41, 5.74) is 6.38. The highest BCUT2D eigenvalue weighted by Gasteiger charge is 2.07. The maximum absolute atomic E-state index is 10.6. The van der Waals surface area contributed by atoms with Gasteiger partial charge in [-0.1, -0.05) is 86.1 Å². The minimum absolute atomic E-state index is 0.177. The van der Waals surface area contributed by atoms with Crippen LogP contribution in [0.25, 0.3) is 0 Å². The summed E-state index contributed by atoms with van der Waals surface area (Å²) in [4.78, 5) is 10.6. The Bertz CT molecular complexity index is 604. The Balaban J connectivity index is 1.97. The molecule has 0 bridgehead atoms. The van der Waals surface area contributed by atoms with E-state index in [0.29, 0.717) is 6.42 Å². The molecule has 160 valence electrons. The third-order valence-electron chi connectivity index (χ3n) is 4.89. The molecular formula is C26H39NO2. The Morgan fingerprint density at radius 1 is 0.862 bits per heavy atom. The Labute approximate surface area is 177 Å². The quantitative estimate of drug-likeness (QED) is 0.232. The van der Waals surface area contributed by atoms with Crippen LogP contribution in [0.15, 0.2) is 66.8 Å². The van der Waals surface area contributed by atoms with E-state index < -0.39 is 0 Å². The number of carbonyl (C=O) groups excluding carboxylic acids is 1. The number of hydrogen-bond acceptors (Lipinski definition) is 2. The number of amides is 1. The molecule has 0 aliphatic carbocycles. The van der Waals surface area contributed by atoms with Crippen molar-refractivity contribution in [3.05, 3.63) is 72.4 Å². The zero-order valence-corrected chi connectivity index (χ0v) is 18.1. The van der Waals surface area contributed by atoms with Crippen molar-refractivity contribution in [3.63, 3.8) is 0 Å². The molecule has 0 spiro atoms. The van der Waals surface area contributed by atoms with Gasteiger partial charge in [0.1, 0.15) is 0 Å². The summed E-state index contributed by atoms with van der Waals surface area (Å²) in [5, 5.41) is 0. The van der Waals surface area contributed by atoms with Gasteiger partial charge in [0, 0.05) is 13.5 Å². The number of unbranched alkanes of at least 4 members (excludes halogenated alkanes) is 5. The van der Waals surface area contributed by atoms with Crippen molar-refractivity contribution >= 4 is 5.91 Å². The Morgan fingerprint density at radius 2 is 1.45 bits per heavy atom. The van der Waals surface area contributed by atoms with Crippen molar-refractivity contribution in [2.45, 2.75) is 76.7 Å². The molecule has 1 amide bonds. The average molecular weight is 398 g/mol. The molecule has 1 aromatic rings. The molecule has 1 rings (SSSR count). The Kier molecular flexibility index (Phi) is 15.4. The lowest BCUT2D eigenvalue weighted by molar-refractivity contribution is -0.118. The summed E-state index contributed by atoms with van der Waals surface area (Å²) in [6.45, 7) is 0. The number of benzene rings is 1. The summed E-state index contributed by atoms with van der Waals surface area (Å²) in [7, 11) is 1.78. The predicted molar refractivity (Wildman–Crippen MR) is 124 cm³/mol. The normalized spacial score (nSPS) is 13.0. The van der Waals surface area contributed by atoms with Crippen LogP contribution in [0.2, 0.25) is 0 Å². The highest BCUT2D eigenvalue weighted by Crippen LogP contribution is 2.21. The summed E-state index contributed by atoms with van der Waals surface area (Å²) in [5.74, 6) is -0.181. The first kappa shape index (κ1) is 24.9. The minimum Gasteiger partial charge on any atom is -0.377 e. The molecule has 1 atom stereocenters. The smallest absolute Gasteiger partial charge is 0.217 e. The molecule has 0 saturated carbocycles. The van der Waals surface area contributed by atoms with E-state index >= 15 is 0 Å². The maximum atomic E-state index is 10.6. The number of ether oxygens (including phenoxy) is 1. The van der Waals surface area contributed by atoms with Gasteiger partial charge in [0.25, 0.3) is 0 Å². The molecule has 0 aliphatic rings. The van der Waals surface area contributed by atoms with Gasteiger partial charge in [-0.2, -0.15) is 0 Å². The van der Waals surface area contributed by atoms with Gasteiger partial charge in [0.15, 0.2) is 0 Å². The second kappa shape index (κ2) is 17.9.